The molecule has 110 valence electrons. The number of anilines is 1. The molecular formula is C11H11Cl3N2O4. The average molecular weight is 342 g/mol. The van der Waals surface area contributed by atoms with Crippen LogP contribution in [-0.4, -0.2) is 29.6 Å². The summed E-state index contributed by atoms with van der Waals surface area (Å²) in [6, 6.07) is 6.48. The molecule has 1 unspecified atom stereocenters. The topological polar surface area (TPSA) is 76.7 Å². The normalized spacial score (nSPS) is 12.2. The van der Waals surface area contributed by atoms with Crippen LogP contribution in [0.5, 0.6) is 5.75 Å². The fourth-order valence-corrected chi connectivity index (χ4v) is 1.51. The Bertz CT molecular complexity index is 462. The van der Waals surface area contributed by atoms with Crippen molar-refractivity contribution < 1.29 is 19.1 Å². The van der Waals surface area contributed by atoms with Gasteiger partial charge in [-0.15, -0.1) is 0 Å². The lowest BCUT2D eigenvalue weighted by molar-refractivity contribution is -0.112. The number of amides is 2. The third-order valence-electron chi connectivity index (χ3n) is 2.08. The molecular weight excluding hydrogens is 330 g/mol. The summed E-state index contributed by atoms with van der Waals surface area (Å²) in [6.45, 7) is 0. The summed E-state index contributed by atoms with van der Waals surface area (Å²) >= 11 is 16.7. The van der Waals surface area contributed by atoms with Gasteiger partial charge in [0.25, 0.3) is 0 Å². The minimum atomic E-state index is -1.99. The maximum atomic E-state index is 11.6. The van der Waals surface area contributed by atoms with Gasteiger partial charge < -0.3 is 14.8 Å². The summed E-state index contributed by atoms with van der Waals surface area (Å²) in [4.78, 5) is 22.0. The van der Waals surface area contributed by atoms with Gasteiger partial charge in [-0.3, -0.25) is 10.1 Å². The van der Waals surface area contributed by atoms with E-state index in [1.807, 2.05) is 0 Å². The number of alkyl halides is 3. The Morgan fingerprint density at radius 1 is 1.30 bits per heavy atom. The summed E-state index contributed by atoms with van der Waals surface area (Å²) in [7, 11) is 1.52. The zero-order valence-corrected chi connectivity index (χ0v) is 12.5. The van der Waals surface area contributed by atoms with Crippen LogP contribution >= 0.6 is 34.8 Å². The molecule has 2 amide bonds. The van der Waals surface area contributed by atoms with Gasteiger partial charge in [0.15, 0.2) is 0 Å². The zero-order valence-electron chi connectivity index (χ0n) is 10.2. The molecule has 0 spiro atoms. The highest BCUT2D eigenvalue weighted by Crippen LogP contribution is 2.31. The third-order valence-corrected chi connectivity index (χ3v) is 2.67. The van der Waals surface area contributed by atoms with Gasteiger partial charge in [-0.25, -0.2) is 4.79 Å². The van der Waals surface area contributed by atoms with E-state index in [-0.39, 0.29) is 6.41 Å². The highest BCUT2D eigenvalue weighted by Gasteiger charge is 2.36. The van der Waals surface area contributed by atoms with Crippen LogP contribution in [0.4, 0.5) is 10.5 Å². The van der Waals surface area contributed by atoms with Crippen molar-refractivity contribution in [1.82, 2.24) is 5.32 Å². The van der Waals surface area contributed by atoms with Gasteiger partial charge in [-0.05, 0) is 24.3 Å². The number of hydrogen-bond acceptors (Lipinski definition) is 4. The smallest absolute Gasteiger partial charge is 0.413 e. The molecule has 0 bridgehead atoms. The monoisotopic (exact) mass is 340 g/mol. The minimum absolute atomic E-state index is 0.257. The van der Waals surface area contributed by atoms with Crippen molar-refractivity contribution in [3.05, 3.63) is 24.3 Å². The fourth-order valence-electron chi connectivity index (χ4n) is 1.19. The van der Waals surface area contributed by atoms with Gasteiger partial charge >= 0.3 is 6.09 Å². The number of halogens is 3. The molecule has 1 atom stereocenters. The molecule has 0 fully saturated rings. The number of benzene rings is 1. The third kappa shape index (κ3) is 5.32. The Balaban J connectivity index is 2.62. The highest BCUT2D eigenvalue weighted by atomic mass is 35.6. The second-order valence-corrected chi connectivity index (χ2v) is 5.83. The fraction of sp³-hybridized carbons (Fsp3) is 0.273. The predicted octanol–water partition coefficient (Wildman–Crippen LogP) is 2.69. The van der Waals surface area contributed by atoms with Gasteiger partial charge in [0.1, 0.15) is 5.75 Å². The lowest BCUT2D eigenvalue weighted by Gasteiger charge is -2.23. The number of hydrogen-bond donors (Lipinski definition) is 2. The Hall–Kier alpha value is -1.37. The molecule has 2 N–H and O–H groups in total. The molecule has 0 aromatic heterocycles. The Morgan fingerprint density at radius 2 is 1.90 bits per heavy atom. The predicted molar refractivity (Wildman–Crippen MR) is 76.4 cm³/mol. The van der Waals surface area contributed by atoms with Crippen molar-refractivity contribution in [3.8, 4) is 5.75 Å². The maximum absolute atomic E-state index is 11.6. The Kier molecular flexibility index (Phi) is 6.19. The van der Waals surface area contributed by atoms with E-state index in [0.29, 0.717) is 11.4 Å². The van der Waals surface area contributed by atoms with Crippen LogP contribution in [0, 0.1) is 0 Å². The van der Waals surface area contributed by atoms with E-state index >= 15 is 0 Å². The molecule has 0 saturated heterocycles. The number of rotatable bonds is 5. The average Bonchev–Trinajstić information content (AvgIpc) is 2.38. The minimum Gasteiger partial charge on any atom is -0.497 e. The molecule has 6 nitrogen and oxygen atoms in total. The first kappa shape index (κ1) is 16.7. The summed E-state index contributed by atoms with van der Waals surface area (Å²) in [5, 5.41) is 4.48. The standard InChI is InChI=1S/C11H11Cl3N2O4/c1-19-8-4-2-7(3-5-8)16-10(18)20-9(15-6-17)11(12,13)14/h2-6,9H,1H3,(H,15,17)(H,16,18). The van der Waals surface area contributed by atoms with Crippen LogP contribution < -0.4 is 15.4 Å². The lowest BCUT2D eigenvalue weighted by Crippen LogP contribution is -2.44. The highest BCUT2D eigenvalue weighted by molar-refractivity contribution is 6.68. The van der Waals surface area contributed by atoms with E-state index in [9.17, 15) is 9.59 Å². The number of carbonyl (C=O) groups excluding carboxylic acids is 2. The van der Waals surface area contributed by atoms with Gasteiger partial charge in [-0.2, -0.15) is 0 Å². The van der Waals surface area contributed by atoms with Crippen molar-refractivity contribution in [2.75, 3.05) is 12.4 Å². The second kappa shape index (κ2) is 7.42. The van der Waals surface area contributed by atoms with E-state index in [2.05, 4.69) is 10.6 Å². The van der Waals surface area contributed by atoms with Crippen LogP contribution in [-0.2, 0) is 9.53 Å². The Labute approximate surface area is 130 Å². The van der Waals surface area contributed by atoms with Crippen LogP contribution in [0.2, 0.25) is 0 Å². The van der Waals surface area contributed by atoms with Crippen molar-refractivity contribution in [1.29, 1.82) is 0 Å². The quantitative estimate of drug-likeness (QED) is 0.490. The first-order chi connectivity index (χ1) is 9.36. The van der Waals surface area contributed by atoms with E-state index in [1.54, 1.807) is 24.3 Å². The maximum Gasteiger partial charge on any atom is 0.413 e. The molecule has 0 heterocycles. The summed E-state index contributed by atoms with van der Waals surface area (Å²) in [5.41, 5.74) is 0.449. The zero-order chi connectivity index (χ0) is 15.2. The van der Waals surface area contributed by atoms with Crippen LogP contribution in [0.1, 0.15) is 0 Å². The van der Waals surface area contributed by atoms with Gasteiger partial charge in [0.2, 0.25) is 16.4 Å². The molecule has 20 heavy (non-hydrogen) atoms. The van der Waals surface area contributed by atoms with Gasteiger partial charge in [0.05, 0.1) is 7.11 Å². The molecule has 0 radical (unpaired) electrons. The number of nitrogens with one attached hydrogen (secondary N) is 2. The van der Waals surface area contributed by atoms with E-state index in [0.717, 1.165) is 0 Å². The lowest BCUT2D eigenvalue weighted by atomic mass is 10.3. The molecule has 0 saturated carbocycles. The summed E-state index contributed by atoms with van der Waals surface area (Å²) in [5.74, 6) is 0.630. The van der Waals surface area contributed by atoms with Crippen molar-refractivity contribution in [2.45, 2.75) is 10.0 Å². The second-order valence-electron chi connectivity index (χ2n) is 3.46. The largest absolute Gasteiger partial charge is 0.497 e. The summed E-state index contributed by atoms with van der Waals surface area (Å²) in [6.07, 6.45) is -2.04. The van der Waals surface area contributed by atoms with E-state index < -0.39 is 16.1 Å². The van der Waals surface area contributed by atoms with E-state index in [1.165, 1.54) is 7.11 Å². The van der Waals surface area contributed by atoms with Crippen molar-refractivity contribution in [2.24, 2.45) is 0 Å². The van der Waals surface area contributed by atoms with Crippen molar-refractivity contribution in [3.63, 3.8) is 0 Å². The van der Waals surface area contributed by atoms with Crippen LogP contribution in [0.15, 0.2) is 24.3 Å². The van der Waals surface area contributed by atoms with E-state index in [4.69, 9.17) is 44.3 Å². The van der Waals surface area contributed by atoms with Gasteiger partial charge in [-0.1, -0.05) is 34.8 Å². The first-order valence-electron chi connectivity index (χ1n) is 5.25. The molecule has 0 aliphatic heterocycles. The molecule has 1 aromatic carbocycles. The SMILES string of the molecule is COc1ccc(NC(=O)OC(NC=O)C(Cl)(Cl)Cl)cc1. The van der Waals surface area contributed by atoms with Crippen LogP contribution in [0.25, 0.3) is 0 Å². The van der Waals surface area contributed by atoms with Crippen molar-refractivity contribution >= 4 is 53.0 Å². The molecule has 9 heteroatoms. The molecule has 1 rings (SSSR count). The molecule has 0 aliphatic rings. The van der Waals surface area contributed by atoms with Gasteiger partial charge in [0, 0.05) is 5.69 Å². The molecule has 0 aliphatic carbocycles. The number of carbonyl (C=O) groups is 2. The first-order valence-corrected chi connectivity index (χ1v) is 6.38. The summed E-state index contributed by atoms with van der Waals surface area (Å²) < 4.78 is 7.78. The number of methoxy groups -OCH3 is 1. The Morgan fingerprint density at radius 3 is 2.35 bits per heavy atom. The molecule has 1 aromatic rings. The number of ether oxygens (including phenoxy) is 2. The van der Waals surface area contributed by atoms with Crippen LogP contribution in [0.3, 0.4) is 0 Å².